The number of hydrogen-bond acceptors (Lipinski definition) is 6. The Balaban J connectivity index is 1.60. The van der Waals surface area contributed by atoms with E-state index in [1.54, 1.807) is 24.4 Å². The van der Waals surface area contributed by atoms with E-state index in [1.807, 2.05) is 18.2 Å². The summed E-state index contributed by atoms with van der Waals surface area (Å²) in [5.74, 6) is -0.615. The van der Waals surface area contributed by atoms with Crippen LogP contribution in [0.25, 0.3) is 0 Å². The van der Waals surface area contributed by atoms with E-state index in [4.69, 9.17) is 0 Å². The smallest absolute Gasteiger partial charge is 0.242 e. The zero-order valence-corrected chi connectivity index (χ0v) is 12.2. The number of amides is 1. The zero-order valence-electron chi connectivity index (χ0n) is 12.2. The molecule has 1 amide bonds. The average Bonchev–Trinajstić information content (AvgIpc) is 3.04. The Bertz CT molecular complexity index is 668. The molecule has 5 N–H and O–H groups in total. The van der Waals surface area contributed by atoms with Gasteiger partial charge in [-0.05, 0) is 24.3 Å². The van der Waals surface area contributed by atoms with Gasteiger partial charge in [-0.2, -0.15) is 5.53 Å². The molecule has 0 spiro atoms. The number of rotatable bonds is 5. The molecule has 8 heteroatoms. The standard InChI is InChI=1S/C15H17FN6O/c16-11-6-1-2-7-12(11)19-14-13(20-22-21-14)15(23)18-9-10-5-3-4-8-17-10/h1-8,13-14,19-22H,9H2,(H,18,23). The summed E-state index contributed by atoms with van der Waals surface area (Å²) >= 11 is 0. The third-order valence-corrected chi connectivity index (χ3v) is 3.43. The van der Waals surface area contributed by atoms with Crippen molar-refractivity contribution in [3.05, 3.63) is 60.2 Å². The summed E-state index contributed by atoms with van der Waals surface area (Å²) in [4.78, 5) is 16.4. The number of para-hydroxylation sites is 1. The predicted molar refractivity (Wildman–Crippen MR) is 83.1 cm³/mol. The molecule has 2 heterocycles. The molecule has 1 aromatic heterocycles. The van der Waals surface area contributed by atoms with Crippen molar-refractivity contribution in [3.8, 4) is 0 Å². The molecule has 0 bridgehead atoms. The van der Waals surface area contributed by atoms with Crippen molar-refractivity contribution in [1.29, 1.82) is 0 Å². The molecule has 2 aromatic rings. The van der Waals surface area contributed by atoms with Crippen molar-refractivity contribution in [3.63, 3.8) is 0 Å². The minimum absolute atomic E-state index is 0.234. The van der Waals surface area contributed by atoms with Gasteiger partial charge in [0.1, 0.15) is 18.0 Å². The Labute approximate surface area is 132 Å². The third kappa shape index (κ3) is 3.81. The number of hydrazine groups is 2. The first-order valence-corrected chi connectivity index (χ1v) is 7.19. The van der Waals surface area contributed by atoms with Gasteiger partial charge in [0.15, 0.2) is 0 Å². The molecule has 2 atom stereocenters. The van der Waals surface area contributed by atoms with Crippen LogP contribution in [0.15, 0.2) is 48.7 Å². The van der Waals surface area contributed by atoms with Gasteiger partial charge in [-0.1, -0.05) is 18.2 Å². The van der Waals surface area contributed by atoms with Crippen LogP contribution in [0.2, 0.25) is 0 Å². The lowest BCUT2D eigenvalue weighted by atomic mass is 10.2. The van der Waals surface area contributed by atoms with Crippen molar-refractivity contribution in [1.82, 2.24) is 26.7 Å². The van der Waals surface area contributed by atoms with E-state index in [2.05, 4.69) is 32.0 Å². The first kappa shape index (κ1) is 15.3. The van der Waals surface area contributed by atoms with Gasteiger partial charge in [-0.3, -0.25) is 9.78 Å². The molecule has 1 aliphatic rings. The molecule has 7 nitrogen and oxygen atoms in total. The molecule has 1 fully saturated rings. The van der Waals surface area contributed by atoms with E-state index in [-0.39, 0.29) is 11.7 Å². The van der Waals surface area contributed by atoms with Crippen molar-refractivity contribution in [2.45, 2.75) is 18.8 Å². The average molecular weight is 316 g/mol. The Kier molecular flexibility index (Phi) is 4.77. The first-order valence-electron chi connectivity index (χ1n) is 7.19. The maximum atomic E-state index is 13.7. The maximum absolute atomic E-state index is 13.7. The summed E-state index contributed by atoms with van der Waals surface area (Å²) in [5.41, 5.74) is 9.41. The normalized spacial score (nSPS) is 20.2. The number of hydrogen-bond donors (Lipinski definition) is 5. The fourth-order valence-electron chi connectivity index (χ4n) is 2.24. The van der Waals surface area contributed by atoms with E-state index in [1.165, 1.54) is 6.07 Å². The van der Waals surface area contributed by atoms with Crippen LogP contribution in [-0.2, 0) is 11.3 Å². The highest BCUT2D eigenvalue weighted by Gasteiger charge is 2.32. The molecule has 1 aliphatic heterocycles. The van der Waals surface area contributed by atoms with Crippen LogP contribution in [0.5, 0.6) is 0 Å². The van der Waals surface area contributed by atoms with Gasteiger partial charge in [0.05, 0.1) is 17.9 Å². The molecule has 3 rings (SSSR count). The number of nitrogens with zero attached hydrogens (tertiary/aromatic N) is 1. The second-order valence-electron chi connectivity index (χ2n) is 5.03. The summed E-state index contributed by atoms with van der Waals surface area (Å²) in [6.45, 7) is 0.324. The molecule has 120 valence electrons. The number of nitrogens with one attached hydrogen (secondary N) is 5. The topological polar surface area (TPSA) is 90.1 Å². The molecular weight excluding hydrogens is 299 g/mol. The number of aromatic nitrogens is 1. The van der Waals surface area contributed by atoms with E-state index >= 15 is 0 Å². The largest absolute Gasteiger partial charge is 0.365 e. The highest BCUT2D eigenvalue weighted by atomic mass is 19.1. The highest BCUT2D eigenvalue weighted by molar-refractivity contribution is 5.83. The van der Waals surface area contributed by atoms with E-state index < -0.39 is 12.2 Å². The van der Waals surface area contributed by atoms with Gasteiger partial charge < -0.3 is 10.6 Å². The fourth-order valence-corrected chi connectivity index (χ4v) is 2.24. The molecule has 0 saturated carbocycles. The maximum Gasteiger partial charge on any atom is 0.242 e. The SMILES string of the molecule is O=C(NCc1ccccn1)C1NNNC1Nc1ccccc1F. The minimum atomic E-state index is -0.613. The van der Waals surface area contributed by atoms with E-state index in [0.29, 0.717) is 12.2 Å². The first-order chi connectivity index (χ1) is 11.2. The number of carbonyl (C=O) groups excluding carboxylic acids is 1. The van der Waals surface area contributed by atoms with Gasteiger partial charge in [0, 0.05) is 6.20 Å². The predicted octanol–water partition coefficient (Wildman–Crippen LogP) is 0.256. The van der Waals surface area contributed by atoms with Crippen molar-refractivity contribution in [2.75, 3.05) is 5.32 Å². The van der Waals surface area contributed by atoms with E-state index in [9.17, 15) is 9.18 Å². The van der Waals surface area contributed by atoms with Gasteiger partial charge in [-0.15, -0.1) is 0 Å². The Hall–Kier alpha value is -2.55. The third-order valence-electron chi connectivity index (χ3n) is 3.43. The van der Waals surface area contributed by atoms with Gasteiger partial charge in [0.2, 0.25) is 5.91 Å². The number of pyridine rings is 1. The summed E-state index contributed by atoms with van der Waals surface area (Å²) in [6.07, 6.45) is 1.16. The summed E-state index contributed by atoms with van der Waals surface area (Å²) in [7, 11) is 0. The van der Waals surface area contributed by atoms with Crippen LogP contribution in [0.4, 0.5) is 10.1 Å². The molecule has 2 unspecified atom stereocenters. The summed E-state index contributed by atoms with van der Waals surface area (Å²) in [6, 6.07) is 11.2. The minimum Gasteiger partial charge on any atom is -0.365 e. The molecule has 1 saturated heterocycles. The van der Waals surface area contributed by atoms with Crippen LogP contribution in [0, 0.1) is 5.82 Å². The quantitative estimate of drug-likeness (QED) is 0.544. The van der Waals surface area contributed by atoms with Gasteiger partial charge in [0.25, 0.3) is 0 Å². The lowest BCUT2D eigenvalue weighted by molar-refractivity contribution is -0.123. The molecule has 0 radical (unpaired) electrons. The van der Waals surface area contributed by atoms with Crippen molar-refractivity contribution in [2.24, 2.45) is 0 Å². The van der Waals surface area contributed by atoms with Gasteiger partial charge in [-0.25, -0.2) is 15.2 Å². The summed E-state index contributed by atoms with van der Waals surface area (Å²) < 4.78 is 13.7. The monoisotopic (exact) mass is 316 g/mol. The van der Waals surface area contributed by atoms with Crippen LogP contribution < -0.4 is 27.0 Å². The molecule has 0 aliphatic carbocycles. The van der Waals surface area contributed by atoms with Crippen molar-refractivity contribution < 1.29 is 9.18 Å². The van der Waals surface area contributed by atoms with Crippen LogP contribution in [0.3, 0.4) is 0 Å². The second-order valence-corrected chi connectivity index (χ2v) is 5.03. The van der Waals surface area contributed by atoms with Crippen LogP contribution in [0.1, 0.15) is 5.69 Å². The Morgan fingerprint density at radius 3 is 2.78 bits per heavy atom. The number of halogens is 1. The molecule has 23 heavy (non-hydrogen) atoms. The molecular formula is C15H17FN6O. The molecule has 1 aromatic carbocycles. The van der Waals surface area contributed by atoms with Gasteiger partial charge >= 0.3 is 0 Å². The Morgan fingerprint density at radius 1 is 1.17 bits per heavy atom. The second kappa shape index (κ2) is 7.14. The lowest BCUT2D eigenvalue weighted by Gasteiger charge is -2.20. The Morgan fingerprint density at radius 2 is 2.00 bits per heavy atom. The summed E-state index contributed by atoms with van der Waals surface area (Å²) in [5, 5.41) is 5.74. The highest BCUT2D eigenvalue weighted by Crippen LogP contribution is 2.14. The lowest BCUT2D eigenvalue weighted by Crippen LogP contribution is -2.50. The number of carbonyl (C=O) groups is 1. The van der Waals surface area contributed by atoms with Crippen molar-refractivity contribution >= 4 is 11.6 Å². The van der Waals surface area contributed by atoms with Crippen LogP contribution >= 0.6 is 0 Å². The number of benzene rings is 1. The zero-order chi connectivity index (χ0) is 16.1. The van der Waals surface area contributed by atoms with E-state index in [0.717, 1.165) is 5.69 Å². The fraction of sp³-hybridized carbons (Fsp3) is 0.200. The van der Waals surface area contributed by atoms with Crippen LogP contribution in [-0.4, -0.2) is 23.1 Å². The number of anilines is 1.